The fraction of sp³-hybridized carbons (Fsp3) is 0.400. The number of nitrogens with zero attached hydrogens (tertiary/aromatic N) is 3. The molecule has 0 bridgehead atoms. The van der Waals surface area contributed by atoms with Gasteiger partial charge in [0.15, 0.2) is 5.78 Å². The maximum Gasteiger partial charge on any atom is 0.303 e. The van der Waals surface area contributed by atoms with E-state index in [9.17, 15) is 14.4 Å². The monoisotopic (exact) mass is 369 g/mol. The third-order valence-electron chi connectivity index (χ3n) is 4.69. The molecule has 1 N–H and O–H groups in total. The first kappa shape index (κ1) is 18.8. The van der Waals surface area contributed by atoms with Gasteiger partial charge in [-0.1, -0.05) is 30.3 Å². The number of hydrogen-bond donors (Lipinski definition) is 1. The Kier molecular flexibility index (Phi) is 6.01. The Balaban J connectivity index is 1.47. The number of hydrogen-bond acceptors (Lipinski definition) is 4. The summed E-state index contributed by atoms with van der Waals surface area (Å²) in [5, 5.41) is 13.2. The molecule has 142 valence electrons. The highest BCUT2D eigenvalue weighted by molar-refractivity contribution is 5.96. The molecule has 0 radical (unpaired) electrons. The molecule has 3 rings (SSSR count). The third kappa shape index (κ3) is 5.03. The van der Waals surface area contributed by atoms with E-state index < -0.39 is 5.97 Å². The van der Waals surface area contributed by atoms with Crippen molar-refractivity contribution in [2.24, 2.45) is 0 Å². The first-order valence-corrected chi connectivity index (χ1v) is 9.16. The van der Waals surface area contributed by atoms with Crippen molar-refractivity contribution >= 4 is 17.7 Å². The van der Waals surface area contributed by atoms with Crippen LogP contribution in [0.1, 0.15) is 47.4 Å². The van der Waals surface area contributed by atoms with Crippen molar-refractivity contribution in [3.05, 3.63) is 53.3 Å². The lowest BCUT2D eigenvalue weighted by Crippen LogP contribution is -2.38. The summed E-state index contributed by atoms with van der Waals surface area (Å²) >= 11 is 0. The van der Waals surface area contributed by atoms with Crippen LogP contribution in [-0.4, -0.2) is 44.0 Å². The molecule has 0 fully saturated rings. The first-order valence-electron chi connectivity index (χ1n) is 9.16. The van der Waals surface area contributed by atoms with E-state index in [1.165, 1.54) is 0 Å². The van der Waals surface area contributed by atoms with Gasteiger partial charge in [-0.05, 0) is 12.5 Å². The lowest BCUT2D eigenvalue weighted by molar-refractivity contribution is -0.137. The van der Waals surface area contributed by atoms with E-state index in [4.69, 9.17) is 5.11 Å². The molecule has 1 aliphatic heterocycles. The van der Waals surface area contributed by atoms with Crippen LogP contribution in [0.3, 0.4) is 0 Å². The Hall–Kier alpha value is -2.96. The predicted octanol–water partition coefficient (Wildman–Crippen LogP) is 2.30. The molecule has 0 aliphatic carbocycles. The van der Waals surface area contributed by atoms with Crippen LogP contribution in [0.4, 0.5) is 0 Å². The molecule has 2 aromatic rings. The molecular weight excluding hydrogens is 346 g/mol. The van der Waals surface area contributed by atoms with Gasteiger partial charge in [-0.15, -0.1) is 0 Å². The molecule has 27 heavy (non-hydrogen) atoms. The van der Waals surface area contributed by atoms with Gasteiger partial charge >= 0.3 is 5.97 Å². The SMILES string of the molecule is O=C(O)CCc1cc2n(n1)CCN(C(=O)CCCC(=O)c1ccccc1)C2. The number of carboxylic acid groups (broad SMARTS) is 1. The summed E-state index contributed by atoms with van der Waals surface area (Å²) in [7, 11) is 0. The molecule has 7 heteroatoms. The number of fused-ring (bicyclic) bond motifs is 1. The van der Waals surface area contributed by atoms with E-state index in [0.29, 0.717) is 50.9 Å². The number of rotatable bonds is 8. The summed E-state index contributed by atoms with van der Waals surface area (Å²) in [5.41, 5.74) is 2.35. The largest absolute Gasteiger partial charge is 0.481 e. The zero-order valence-corrected chi connectivity index (χ0v) is 15.1. The Morgan fingerprint density at radius 2 is 1.81 bits per heavy atom. The smallest absolute Gasteiger partial charge is 0.303 e. The Bertz CT molecular complexity index is 829. The van der Waals surface area contributed by atoms with Crippen molar-refractivity contribution in [1.82, 2.24) is 14.7 Å². The van der Waals surface area contributed by atoms with Crippen molar-refractivity contribution in [3.8, 4) is 0 Å². The Morgan fingerprint density at radius 3 is 2.56 bits per heavy atom. The van der Waals surface area contributed by atoms with E-state index in [2.05, 4.69) is 5.10 Å². The second kappa shape index (κ2) is 8.62. The fourth-order valence-corrected chi connectivity index (χ4v) is 3.22. The molecule has 1 aliphatic rings. The van der Waals surface area contributed by atoms with E-state index in [0.717, 1.165) is 11.4 Å². The van der Waals surface area contributed by atoms with Crippen molar-refractivity contribution in [1.29, 1.82) is 0 Å². The number of aryl methyl sites for hydroxylation is 1. The van der Waals surface area contributed by atoms with Gasteiger partial charge < -0.3 is 10.0 Å². The number of aromatic nitrogens is 2. The number of benzene rings is 1. The van der Waals surface area contributed by atoms with Crippen molar-refractivity contribution in [2.75, 3.05) is 6.54 Å². The quantitative estimate of drug-likeness (QED) is 0.721. The van der Waals surface area contributed by atoms with Gasteiger partial charge in [0.05, 0.1) is 30.9 Å². The number of carbonyl (C=O) groups is 3. The van der Waals surface area contributed by atoms with Gasteiger partial charge in [0, 0.05) is 31.4 Å². The minimum absolute atomic E-state index is 0.0374. The van der Waals surface area contributed by atoms with Crippen LogP contribution in [-0.2, 0) is 29.1 Å². The molecule has 7 nitrogen and oxygen atoms in total. The number of carboxylic acids is 1. The zero-order chi connectivity index (χ0) is 19.2. The number of carbonyl (C=O) groups excluding carboxylic acids is 2. The van der Waals surface area contributed by atoms with E-state index in [1.807, 2.05) is 28.9 Å². The topological polar surface area (TPSA) is 92.5 Å². The maximum atomic E-state index is 12.5. The number of aliphatic carboxylic acids is 1. The Morgan fingerprint density at radius 1 is 1.04 bits per heavy atom. The first-order chi connectivity index (χ1) is 13.0. The maximum absolute atomic E-state index is 12.5. The standard InChI is InChI=1S/C20H23N3O4/c24-18(15-5-2-1-3-6-15)7-4-8-19(25)22-11-12-23-17(14-22)13-16(21-23)9-10-20(26)27/h1-3,5-6,13H,4,7-12,14H2,(H,26,27). The molecule has 1 amide bonds. The summed E-state index contributed by atoms with van der Waals surface area (Å²) in [4.78, 5) is 37.0. The lowest BCUT2D eigenvalue weighted by atomic mass is 10.1. The fourth-order valence-electron chi connectivity index (χ4n) is 3.22. The van der Waals surface area contributed by atoms with E-state index in [1.54, 1.807) is 17.0 Å². The summed E-state index contributed by atoms with van der Waals surface area (Å²) in [6.07, 6.45) is 1.69. The van der Waals surface area contributed by atoms with Crippen molar-refractivity contribution in [3.63, 3.8) is 0 Å². The van der Waals surface area contributed by atoms with Gasteiger partial charge in [0.25, 0.3) is 0 Å². The van der Waals surface area contributed by atoms with Crippen LogP contribution in [0.25, 0.3) is 0 Å². The minimum Gasteiger partial charge on any atom is -0.481 e. The van der Waals surface area contributed by atoms with Crippen LogP contribution in [0.15, 0.2) is 36.4 Å². The summed E-state index contributed by atoms with van der Waals surface area (Å²) in [6.45, 7) is 1.67. The van der Waals surface area contributed by atoms with Gasteiger partial charge in [-0.25, -0.2) is 0 Å². The van der Waals surface area contributed by atoms with Gasteiger partial charge in [-0.3, -0.25) is 19.1 Å². The van der Waals surface area contributed by atoms with Crippen LogP contribution in [0.2, 0.25) is 0 Å². The molecule has 0 saturated carbocycles. The normalized spacial score (nSPS) is 13.3. The van der Waals surface area contributed by atoms with Crippen LogP contribution < -0.4 is 0 Å². The summed E-state index contributed by atoms with van der Waals surface area (Å²) in [5.74, 6) is -0.749. The zero-order valence-electron chi connectivity index (χ0n) is 15.1. The molecule has 1 aromatic carbocycles. The molecule has 1 aromatic heterocycles. The van der Waals surface area contributed by atoms with E-state index >= 15 is 0 Å². The van der Waals surface area contributed by atoms with Crippen LogP contribution in [0, 0.1) is 0 Å². The molecular formula is C20H23N3O4. The van der Waals surface area contributed by atoms with Crippen molar-refractivity contribution < 1.29 is 19.5 Å². The van der Waals surface area contributed by atoms with Crippen molar-refractivity contribution in [2.45, 2.75) is 45.2 Å². The number of ketones is 1. The lowest BCUT2D eigenvalue weighted by Gasteiger charge is -2.27. The molecule has 0 spiro atoms. The van der Waals surface area contributed by atoms with Gasteiger partial charge in [0.1, 0.15) is 0 Å². The average Bonchev–Trinajstić information content (AvgIpc) is 3.09. The minimum atomic E-state index is -0.845. The van der Waals surface area contributed by atoms with Gasteiger partial charge in [-0.2, -0.15) is 5.10 Å². The Labute approximate surface area is 157 Å². The second-order valence-corrected chi connectivity index (χ2v) is 6.70. The highest BCUT2D eigenvalue weighted by atomic mass is 16.4. The summed E-state index contributed by atoms with van der Waals surface area (Å²) in [6, 6.07) is 11.0. The average molecular weight is 369 g/mol. The van der Waals surface area contributed by atoms with Crippen LogP contribution >= 0.6 is 0 Å². The molecule has 0 atom stereocenters. The molecule has 2 heterocycles. The van der Waals surface area contributed by atoms with Crippen LogP contribution in [0.5, 0.6) is 0 Å². The van der Waals surface area contributed by atoms with Gasteiger partial charge in [0.2, 0.25) is 5.91 Å². The second-order valence-electron chi connectivity index (χ2n) is 6.70. The molecule has 0 saturated heterocycles. The highest BCUT2D eigenvalue weighted by Crippen LogP contribution is 2.17. The predicted molar refractivity (Wildman–Crippen MR) is 98.2 cm³/mol. The summed E-state index contributed by atoms with van der Waals surface area (Å²) < 4.78 is 1.85. The highest BCUT2D eigenvalue weighted by Gasteiger charge is 2.22. The van der Waals surface area contributed by atoms with E-state index in [-0.39, 0.29) is 18.1 Å². The number of amides is 1. The third-order valence-corrected chi connectivity index (χ3v) is 4.69. The molecule has 0 unspecified atom stereocenters. The number of Topliss-reactive ketones (excluding diaryl/α,β-unsaturated/α-hetero) is 1.